The van der Waals surface area contributed by atoms with Gasteiger partial charge in [-0.2, -0.15) is 5.26 Å². The Morgan fingerprint density at radius 1 is 1.13 bits per heavy atom. The lowest BCUT2D eigenvalue weighted by molar-refractivity contribution is -0.143. The molecule has 0 aromatic heterocycles. The second-order valence-electron chi connectivity index (χ2n) is 8.49. The summed E-state index contributed by atoms with van der Waals surface area (Å²) >= 11 is 0. The van der Waals surface area contributed by atoms with Gasteiger partial charge in [-0.05, 0) is 74.7 Å². The highest BCUT2D eigenvalue weighted by Crippen LogP contribution is 2.32. The Hall–Kier alpha value is -2.65. The molecule has 1 saturated heterocycles. The van der Waals surface area contributed by atoms with E-state index in [1.165, 1.54) is 0 Å². The Labute approximate surface area is 176 Å². The summed E-state index contributed by atoms with van der Waals surface area (Å²) in [6, 6.07) is 12.3. The van der Waals surface area contributed by atoms with Crippen LogP contribution in [0.3, 0.4) is 0 Å². The number of likely N-dealkylation sites (tertiary alicyclic amines) is 1. The Morgan fingerprint density at radius 3 is 2.50 bits per heavy atom. The first-order valence-electron chi connectivity index (χ1n) is 10.7. The van der Waals surface area contributed by atoms with Crippen LogP contribution in [0.15, 0.2) is 30.3 Å². The molecule has 1 aliphatic carbocycles. The van der Waals surface area contributed by atoms with Crippen molar-refractivity contribution in [3.8, 4) is 11.8 Å². The smallest absolute Gasteiger partial charge is 0.306 e. The van der Waals surface area contributed by atoms with E-state index in [1.54, 1.807) is 0 Å². The molecule has 6 heteroatoms. The molecular weight excluding hydrogens is 383 g/mol. The topological polar surface area (TPSA) is 73.6 Å². The second kappa shape index (κ2) is 9.01. The van der Waals surface area contributed by atoms with Crippen molar-refractivity contribution < 1.29 is 19.0 Å². The Morgan fingerprint density at radius 2 is 1.83 bits per heavy atom. The molecule has 158 valence electrons. The first kappa shape index (κ1) is 20.6. The number of hydrogen-bond donors (Lipinski definition) is 1. The summed E-state index contributed by atoms with van der Waals surface area (Å²) in [5, 5.41) is 20.8. The number of fused-ring (bicyclic) bond motifs is 1. The van der Waals surface area contributed by atoms with Crippen LogP contribution in [0, 0.1) is 17.2 Å². The van der Waals surface area contributed by atoms with Gasteiger partial charge in [-0.3, -0.25) is 9.69 Å². The maximum atomic E-state index is 13.4. The molecule has 0 unspecified atom stereocenters. The number of ether oxygens (including phenoxy) is 1. The first-order valence-corrected chi connectivity index (χ1v) is 10.7. The molecule has 1 aliphatic heterocycles. The number of piperidine rings is 1. The molecule has 0 spiro atoms. The summed E-state index contributed by atoms with van der Waals surface area (Å²) in [6.07, 6.45) is 2.95. The van der Waals surface area contributed by atoms with E-state index in [2.05, 4.69) is 17.0 Å². The minimum Gasteiger partial charge on any atom is -0.489 e. The quantitative estimate of drug-likeness (QED) is 0.776. The summed E-state index contributed by atoms with van der Waals surface area (Å²) in [6.45, 7) is 2.26. The predicted molar refractivity (Wildman–Crippen MR) is 112 cm³/mol. The average Bonchev–Trinajstić information content (AvgIpc) is 2.75. The van der Waals surface area contributed by atoms with E-state index < -0.39 is 12.1 Å². The molecule has 0 amide bonds. The lowest BCUT2D eigenvalue weighted by atomic mass is 9.95. The number of carboxylic acid groups (broad SMARTS) is 1. The summed E-state index contributed by atoms with van der Waals surface area (Å²) in [5.74, 6) is -0.367. The maximum Gasteiger partial charge on any atom is 0.306 e. The van der Waals surface area contributed by atoms with Crippen LogP contribution in [0.2, 0.25) is 0 Å². The number of aliphatic carboxylic acids is 1. The third-order valence-electron chi connectivity index (χ3n) is 6.40. The highest BCUT2D eigenvalue weighted by Gasteiger charge is 2.25. The number of hydrogen-bond acceptors (Lipinski definition) is 4. The average molecular weight is 410 g/mol. The fourth-order valence-electron chi connectivity index (χ4n) is 4.57. The number of carboxylic acids is 1. The summed E-state index contributed by atoms with van der Waals surface area (Å²) in [4.78, 5) is 13.4. The van der Waals surface area contributed by atoms with Crippen LogP contribution in [0.4, 0.5) is 4.39 Å². The number of carbonyl (C=O) groups is 1. The molecule has 1 saturated carbocycles. The van der Waals surface area contributed by atoms with Gasteiger partial charge in [-0.15, -0.1) is 0 Å². The van der Waals surface area contributed by atoms with Gasteiger partial charge in [0.2, 0.25) is 0 Å². The molecule has 2 aliphatic rings. The molecule has 0 bridgehead atoms. The monoisotopic (exact) mass is 410 g/mol. The van der Waals surface area contributed by atoms with Crippen LogP contribution >= 0.6 is 0 Å². The van der Waals surface area contributed by atoms with E-state index in [9.17, 15) is 14.4 Å². The summed E-state index contributed by atoms with van der Waals surface area (Å²) in [5.41, 5.74) is 1.63. The molecule has 2 fully saturated rings. The largest absolute Gasteiger partial charge is 0.489 e. The van der Waals surface area contributed by atoms with Gasteiger partial charge in [-0.1, -0.05) is 18.2 Å². The minimum absolute atomic E-state index is 0.0414. The minimum atomic E-state index is -0.736. The van der Waals surface area contributed by atoms with Crippen molar-refractivity contribution >= 4 is 16.7 Å². The highest BCUT2D eigenvalue weighted by atomic mass is 19.1. The molecule has 2 aromatic rings. The van der Waals surface area contributed by atoms with Crippen molar-refractivity contribution in [2.75, 3.05) is 13.1 Å². The number of benzene rings is 2. The van der Waals surface area contributed by atoms with E-state index >= 15 is 0 Å². The number of rotatable bonds is 5. The zero-order chi connectivity index (χ0) is 21.1. The van der Waals surface area contributed by atoms with Crippen molar-refractivity contribution in [2.24, 2.45) is 5.92 Å². The predicted octanol–water partition coefficient (Wildman–Crippen LogP) is 4.67. The van der Waals surface area contributed by atoms with Gasteiger partial charge in [0.25, 0.3) is 0 Å². The Balaban J connectivity index is 1.51. The molecule has 2 aromatic carbocycles. The molecule has 30 heavy (non-hydrogen) atoms. The molecule has 1 N–H and O–H groups in total. The van der Waals surface area contributed by atoms with Crippen molar-refractivity contribution in [3.05, 3.63) is 41.5 Å². The molecule has 0 atom stereocenters. The maximum absolute atomic E-state index is 13.4. The first-order chi connectivity index (χ1) is 14.5. The molecule has 0 radical (unpaired) electrons. The van der Waals surface area contributed by atoms with E-state index in [-0.39, 0.29) is 12.0 Å². The zero-order valence-electron chi connectivity index (χ0n) is 17.0. The Bertz CT molecular complexity index is 955. The van der Waals surface area contributed by atoms with Crippen molar-refractivity contribution in [3.63, 3.8) is 0 Å². The lowest BCUT2D eigenvalue weighted by Crippen LogP contribution is -2.35. The van der Waals surface area contributed by atoms with E-state index in [4.69, 9.17) is 9.84 Å². The molecular formula is C24H27FN2O3. The SMILES string of the molecule is N#Cc1c(OC2CCC(F)CC2)ccc2ccc(CN3CCC(C(=O)O)CC3)cc12. The van der Waals surface area contributed by atoms with Crippen LogP contribution in [-0.4, -0.2) is 41.3 Å². The van der Waals surface area contributed by atoms with Crippen LogP contribution in [0.5, 0.6) is 5.75 Å². The third-order valence-corrected chi connectivity index (χ3v) is 6.40. The van der Waals surface area contributed by atoms with E-state index in [0.717, 1.165) is 36.0 Å². The number of nitriles is 1. The third kappa shape index (κ3) is 4.57. The van der Waals surface area contributed by atoms with Crippen molar-refractivity contribution in [2.45, 2.75) is 57.3 Å². The van der Waals surface area contributed by atoms with Crippen molar-refractivity contribution in [1.82, 2.24) is 4.90 Å². The normalized spacial score (nSPS) is 23.2. The van der Waals surface area contributed by atoms with Gasteiger partial charge in [0.1, 0.15) is 23.6 Å². The molecule has 4 rings (SSSR count). The Kier molecular flexibility index (Phi) is 6.19. The van der Waals surface area contributed by atoms with Crippen LogP contribution in [-0.2, 0) is 11.3 Å². The van der Waals surface area contributed by atoms with Gasteiger partial charge in [0, 0.05) is 11.9 Å². The second-order valence-corrected chi connectivity index (χ2v) is 8.49. The fourth-order valence-corrected chi connectivity index (χ4v) is 4.57. The lowest BCUT2D eigenvalue weighted by Gasteiger charge is -2.30. The van der Waals surface area contributed by atoms with Crippen LogP contribution in [0.25, 0.3) is 10.8 Å². The number of alkyl halides is 1. The summed E-state index contributed by atoms with van der Waals surface area (Å²) in [7, 11) is 0. The standard InChI is InChI=1S/C24H27FN2O3/c25-19-4-6-20(7-5-19)30-23-8-3-17-2-1-16(13-21(17)22(23)14-26)15-27-11-9-18(10-12-27)24(28)29/h1-3,8,13,18-20H,4-7,9-12,15H2,(H,28,29). The molecule has 5 nitrogen and oxygen atoms in total. The van der Waals surface area contributed by atoms with Crippen LogP contribution < -0.4 is 4.74 Å². The zero-order valence-corrected chi connectivity index (χ0v) is 17.0. The van der Waals surface area contributed by atoms with Crippen molar-refractivity contribution in [1.29, 1.82) is 5.26 Å². The van der Waals surface area contributed by atoms with E-state index in [0.29, 0.717) is 49.8 Å². The molecule has 1 heterocycles. The van der Waals surface area contributed by atoms with Crippen LogP contribution in [0.1, 0.15) is 49.7 Å². The summed E-state index contributed by atoms with van der Waals surface area (Å²) < 4.78 is 19.5. The van der Waals surface area contributed by atoms with Gasteiger partial charge in [0.05, 0.1) is 12.0 Å². The van der Waals surface area contributed by atoms with Gasteiger partial charge in [0.15, 0.2) is 0 Å². The highest BCUT2D eigenvalue weighted by molar-refractivity contribution is 5.90. The van der Waals surface area contributed by atoms with Gasteiger partial charge < -0.3 is 9.84 Å². The fraction of sp³-hybridized carbons (Fsp3) is 0.500. The number of nitrogens with zero attached hydrogens (tertiary/aromatic N) is 2. The van der Waals surface area contributed by atoms with Gasteiger partial charge >= 0.3 is 5.97 Å². The van der Waals surface area contributed by atoms with Gasteiger partial charge in [-0.25, -0.2) is 4.39 Å². The number of halogens is 1. The van der Waals surface area contributed by atoms with E-state index in [1.807, 2.05) is 24.3 Å².